The molecule has 0 saturated carbocycles. The Morgan fingerprint density at radius 3 is 2.77 bits per heavy atom. The minimum atomic E-state index is -1.10. The molecule has 121 valence electrons. The molecule has 0 atom stereocenters. The summed E-state index contributed by atoms with van der Waals surface area (Å²) in [5.41, 5.74) is 1.29. The van der Waals surface area contributed by atoms with Crippen LogP contribution in [0.3, 0.4) is 0 Å². The number of aromatic nitrogens is 2. The Balaban J connectivity index is 2.11. The van der Waals surface area contributed by atoms with Crippen LogP contribution in [-0.2, 0) is 22.7 Å². The summed E-state index contributed by atoms with van der Waals surface area (Å²) in [5.74, 6) is -0.899. The number of hydrogen-bond donors (Lipinski definition) is 1. The molecule has 1 aromatic carbocycles. The molecule has 22 heavy (non-hydrogen) atoms. The average molecular weight is 341 g/mol. The van der Waals surface area contributed by atoms with Crippen LogP contribution in [0.4, 0.5) is 0 Å². The number of benzene rings is 1. The summed E-state index contributed by atoms with van der Waals surface area (Å²) in [6.45, 7) is 7.99. The van der Waals surface area contributed by atoms with Crippen LogP contribution in [0.5, 0.6) is 0 Å². The van der Waals surface area contributed by atoms with Crippen LogP contribution in [0.15, 0.2) is 18.3 Å². The molecule has 1 aromatic heterocycles. The van der Waals surface area contributed by atoms with Gasteiger partial charge in [-0.3, -0.25) is 4.79 Å². The van der Waals surface area contributed by atoms with Gasteiger partial charge >= 0.3 is 5.97 Å². The van der Waals surface area contributed by atoms with E-state index in [2.05, 4.69) is 24.7 Å². The quantitative estimate of drug-likeness (QED) is 0.617. The summed E-state index contributed by atoms with van der Waals surface area (Å²) in [6, 6.07) is 4.54. The smallest absolute Gasteiger partial charge is 0.307 e. The summed E-state index contributed by atoms with van der Waals surface area (Å²) in [5, 5.41) is 14.7. The topological polar surface area (TPSA) is 64.3 Å². The van der Waals surface area contributed by atoms with Gasteiger partial charge in [0.2, 0.25) is 0 Å². The summed E-state index contributed by atoms with van der Waals surface area (Å²) in [6.07, 6.45) is 1.74. The fourth-order valence-corrected chi connectivity index (χ4v) is 3.12. The van der Waals surface area contributed by atoms with Gasteiger partial charge in [-0.1, -0.05) is 11.6 Å². The number of fused-ring (bicyclic) bond motifs is 1. The molecule has 0 aliphatic rings. The van der Waals surface area contributed by atoms with Crippen molar-refractivity contribution in [3.63, 3.8) is 0 Å². The number of carboxylic acid groups (broad SMARTS) is 1. The number of rotatable bonds is 7. The second kappa shape index (κ2) is 6.81. The summed E-state index contributed by atoms with van der Waals surface area (Å²) in [7, 11) is -1.10. The van der Waals surface area contributed by atoms with E-state index in [9.17, 15) is 4.79 Å². The minimum Gasteiger partial charge on any atom is -0.481 e. The van der Waals surface area contributed by atoms with Crippen LogP contribution >= 0.6 is 11.6 Å². The Labute approximate surface area is 135 Å². The first-order chi connectivity index (χ1) is 10.2. The first-order valence-electron chi connectivity index (χ1n) is 7.20. The highest BCUT2D eigenvalue weighted by Gasteiger charge is 2.11. The number of carboxylic acids is 1. The molecule has 0 aliphatic heterocycles. The van der Waals surface area contributed by atoms with Crippen molar-refractivity contribution in [3.8, 4) is 0 Å². The van der Waals surface area contributed by atoms with Crippen molar-refractivity contribution in [1.82, 2.24) is 9.78 Å². The fraction of sp³-hybridized carbons (Fsp3) is 0.467. The van der Waals surface area contributed by atoms with E-state index in [4.69, 9.17) is 21.4 Å². The lowest BCUT2D eigenvalue weighted by molar-refractivity contribution is -0.136. The first-order valence-corrected chi connectivity index (χ1v) is 11.3. The number of ether oxygens (including phenoxy) is 1. The van der Waals surface area contributed by atoms with Gasteiger partial charge in [0.1, 0.15) is 6.73 Å². The molecule has 2 aromatic rings. The normalized spacial score (nSPS) is 12.0. The predicted molar refractivity (Wildman–Crippen MR) is 90.2 cm³/mol. The van der Waals surface area contributed by atoms with E-state index in [0.29, 0.717) is 29.4 Å². The van der Waals surface area contributed by atoms with E-state index in [0.717, 1.165) is 11.4 Å². The van der Waals surface area contributed by atoms with E-state index in [1.54, 1.807) is 16.8 Å². The highest BCUT2D eigenvalue weighted by atomic mass is 35.5. The Kier molecular flexibility index (Phi) is 5.26. The predicted octanol–water partition coefficient (Wildman–Crippen LogP) is 3.63. The second-order valence-electron chi connectivity index (χ2n) is 6.59. The van der Waals surface area contributed by atoms with Crippen molar-refractivity contribution in [2.24, 2.45) is 0 Å². The molecule has 0 spiro atoms. The van der Waals surface area contributed by atoms with E-state index >= 15 is 0 Å². The molecular weight excluding hydrogens is 320 g/mol. The third-order valence-electron chi connectivity index (χ3n) is 3.26. The summed E-state index contributed by atoms with van der Waals surface area (Å²) in [4.78, 5) is 10.9. The zero-order valence-electron chi connectivity index (χ0n) is 13.1. The Morgan fingerprint density at radius 2 is 2.14 bits per heavy atom. The minimum absolute atomic E-state index is 0.0927. The van der Waals surface area contributed by atoms with E-state index in [1.165, 1.54) is 0 Å². The molecule has 0 radical (unpaired) electrons. The van der Waals surface area contributed by atoms with Crippen molar-refractivity contribution in [3.05, 3.63) is 28.9 Å². The lowest BCUT2D eigenvalue weighted by atomic mass is 10.1. The van der Waals surface area contributed by atoms with Gasteiger partial charge in [0.25, 0.3) is 0 Å². The van der Waals surface area contributed by atoms with Crippen LogP contribution in [-0.4, -0.2) is 35.5 Å². The number of nitrogens with zero attached hydrogens (tertiary/aromatic N) is 2. The Hall–Kier alpha value is -1.37. The molecule has 0 bridgehead atoms. The second-order valence-corrected chi connectivity index (χ2v) is 12.6. The van der Waals surface area contributed by atoms with E-state index in [-0.39, 0.29) is 6.42 Å². The molecular formula is C15H21ClN2O3Si-. The van der Waals surface area contributed by atoms with E-state index in [1.807, 2.05) is 6.20 Å². The highest BCUT2D eigenvalue weighted by molar-refractivity contribution is 6.76. The Bertz CT molecular complexity index is 679. The molecule has 0 saturated heterocycles. The molecule has 1 N–H and O–H groups in total. The zero-order valence-corrected chi connectivity index (χ0v) is 14.9. The van der Waals surface area contributed by atoms with Gasteiger partial charge < -0.3 is 9.84 Å². The number of aliphatic carboxylic acids is 1. The van der Waals surface area contributed by atoms with Gasteiger partial charge in [-0.25, -0.2) is 4.68 Å². The fourth-order valence-electron chi connectivity index (χ4n) is 2.12. The lowest BCUT2D eigenvalue weighted by Gasteiger charge is -2.26. The maximum Gasteiger partial charge on any atom is 0.307 e. The largest absolute Gasteiger partial charge is 0.481 e. The first kappa shape index (κ1) is 17.0. The van der Waals surface area contributed by atoms with Gasteiger partial charge in [0.05, 0.1) is 11.9 Å². The third-order valence-corrected chi connectivity index (χ3v) is 5.18. The van der Waals surface area contributed by atoms with Crippen LogP contribution in [0.1, 0.15) is 5.56 Å². The van der Waals surface area contributed by atoms with E-state index < -0.39 is 14.0 Å². The molecule has 2 rings (SSSR count). The number of halogens is 1. The Morgan fingerprint density at radius 1 is 1.41 bits per heavy atom. The number of carbonyl (C=O) groups is 1. The van der Waals surface area contributed by atoms with Gasteiger partial charge in [0.15, 0.2) is 0 Å². The molecule has 1 heterocycles. The molecule has 0 unspecified atom stereocenters. The zero-order chi connectivity index (χ0) is 16.3. The standard InChI is InChI=1S/C15H21ClN2O3Si/c1-22(2,3)5-4-21-10-18-9-12-7-13(16)6-11(8-14(19)20)15(12)17-18/h6-7,9H,4-5,8,10H2,1-3H3,(H,19,20)/q-1. The highest BCUT2D eigenvalue weighted by Crippen LogP contribution is 2.23. The van der Waals surface area contributed by atoms with Crippen LogP contribution in [0, 0.1) is 0 Å². The van der Waals surface area contributed by atoms with Crippen molar-refractivity contribution >= 4 is 36.5 Å². The van der Waals surface area contributed by atoms with Gasteiger partial charge in [0, 0.05) is 23.2 Å². The summed E-state index contributed by atoms with van der Waals surface area (Å²) >= 11 is 6.04. The lowest BCUT2D eigenvalue weighted by Crippen LogP contribution is -2.22. The summed E-state index contributed by atoms with van der Waals surface area (Å²) < 4.78 is 7.35. The van der Waals surface area contributed by atoms with Crippen LogP contribution < -0.4 is 0 Å². The van der Waals surface area contributed by atoms with Crippen LogP contribution in [0.25, 0.3) is 10.9 Å². The van der Waals surface area contributed by atoms with Gasteiger partial charge in [-0.15, -0.1) is 14.1 Å². The van der Waals surface area contributed by atoms with Crippen LogP contribution in [0.2, 0.25) is 30.7 Å². The molecule has 0 fully saturated rings. The maximum absolute atomic E-state index is 10.9. The van der Waals surface area contributed by atoms with Crippen molar-refractivity contribution < 1.29 is 14.6 Å². The molecule has 5 nitrogen and oxygen atoms in total. The third kappa shape index (κ3) is 4.83. The van der Waals surface area contributed by atoms with Crippen molar-refractivity contribution in [1.29, 1.82) is 0 Å². The van der Waals surface area contributed by atoms with Gasteiger partial charge in [-0.2, -0.15) is 24.7 Å². The molecule has 0 amide bonds. The van der Waals surface area contributed by atoms with Gasteiger partial charge in [-0.05, 0) is 17.7 Å². The average Bonchev–Trinajstić information content (AvgIpc) is 2.75. The molecule has 0 aliphatic carbocycles. The SMILES string of the molecule is C[Si-](C)(C)CCOCn1cc2cc(Cl)cc(CC(=O)O)c2n1. The monoisotopic (exact) mass is 340 g/mol. The van der Waals surface area contributed by atoms with Crippen molar-refractivity contribution in [2.45, 2.75) is 38.8 Å². The number of hydrogen-bond acceptors (Lipinski definition) is 3. The maximum atomic E-state index is 10.9. The molecule has 7 heteroatoms. The van der Waals surface area contributed by atoms with Crippen molar-refractivity contribution in [2.75, 3.05) is 6.61 Å².